The lowest BCUT2D eigenvalue weighted by molar-refractivity contribution is -0.123. The molecule has 1 N–H and O–H groups in total. The first-order chi connectivity index (χ1) is 16.4. The zero-order valence-electron chi connectivity index (χ0n) is 18.4. The summed E-state index contributed by atoms with van der Waals surface area (Å²) in [4.78, 5) is 29.1. The smallest absolute Gasteiger partial charge is 0.308 e. The second-order valence-corrected chi connectivity index (χ2v) is 9.60. The van der Waals surface area contributed by atoms with Crippen LogP contribution in [0.3, 0.4) is 0 Å². The number of halogens is 1. The van der Waals surface area contributed by atoms with Crippen LogP contribution in [0.2, 0.25) is 0 Å². The van der Waals surface area contributed by atoms with E-state index in [0.717, 1.165) is 11.1 Å². The van der Waals surface area contributed by atoms with Crippen molar-refractivity contribution in [2.75, 3.05) is 22.5 Å². The first-order valence-electron chi connectivity index (χ1n) is 10.8. The highest BCUT2D eigenvalue weighted by Crippen LogP contribution is 2.54. The summed E-state index contributed by atoms with van der Waals surface area (Å²) in [6.45, 7) is 2.49. The minimum atomic E-state index is -1.35. The molecule has 170 valence electrons. The van der Waals surface area contributed by atoms with E-state index in [-0.39, 0.29) is 12.5 Å². The van der Waals surface area contributed by atoms with Crippen LogP contribution in [0.5, 0.6) is 0 Å². The molecule has 1 spiro atoms. The maximum Gasteiger partial charge on any atom is 0.323 e. The molecule has 0 aliphatic carbocycles. The summed E-state index contributed by atoms with van der Waals surface area (Å²) in [6, 6.07) is 20.4. The summed E-state index contributed by atoms with van der Waals surface area (Å²) < 4.78 is 14.4. The van der Waals surface area contributed by atoms with Crippen molar-refractivity contribution in [3.63, 3.8) is 0 Å². The predicted octanol–water partition coefficient (Wildman–Crippen LogP) is 4.99. The second-order valence-electron chi connectivity index (χ2n) is 8.31. The molecule has 0 bridgehead atoms. The third-order valence-corrected chi connectivity index (χ3v) is 7.49. The molecule has 2 aliphatic heterocycles. The molecule has 1 unspecified atom stereocenters. The number of carbonyl (C=O) groups is 2. The standard InChI is InChI=1S/C26H21FN4O2S/c1-17-4-2-7-21(12-17)29-25(33)31-10-11-34-26(31)22-14-20(27)8-9-23(22)30(24(26)32)16-19-6-3-5-18(13-19)15-28/h2-9,12-14H,10-11,16H2,1H3,(H,29,33). The molecular formula is C26H21FN4O2S. The number of aryl methyl sites for hydroxylation is 1. The lowest BCUT2D eigenvalue weighted by Crippen LogP contribution is -2.51. The molecule has 0 radical (unpaired) electrons. The van der Waals surface area contributed by atoms with Crippen LogP contribution in [0.1, 0.15) is 22.3 Å². The molecule has 34 heavy (non-hydrogen) atoms. The molecule has 1 atom stereocenters. The highest BCUT2D eigenvalue weighted by atomic mass is 32.2. The molecule has 1 fully saturated rings. The van der Waals surface area contributed by atoms with Crippen LogP contribution in [-0.2, 0) is 16.2 Å². The van der Waals surface area contributed by atoms with Crippen molar-refractivity contribution in [1.82, 2.24) is 4.90 Å². The van der Waals surface area contributed by atoms with Gasteiger partial charge in [-0.1, -0.05) is 24.3 Å². The number of amides is 3. The Bertz CT molecular complexity index is 1350. The molecule has 3 aromatic rings. The second kappa shape index (κ2) is 8.50. The number of nitrogens with one attached hydrogen (secondary N) is 1. The van der Waals surface area contributed by atoms with Gasteiger partial charge in [0.15, 0.2) is 4.87 Å². The van der Waals surface area contributed by atoms with Crippen molar-refractivity contribution in [3.8, 4) is 6.07 Å². The molecule has 5 rings (SSSR count). The largest absolute Gasteiger partial charge is 0.323 e. The summed E-state index contributed by atoms with van der Waals surface area (Å²) in [7, 11) is 0. The molecule has 3 aromatic carbocycles. The Morgan fingerprint density at radius 3 is 2.79 bits per heavy atom. The fourth-order valence-corrected chi connectivity index (χ4v) is 6.03. The summed E-state index contributed by atoms with van der Waals surface area (Å²) >= 11 is 1.34. The van der Waals surface area contributed by atoms with E-state index < -0.39 is 16.7 Å². The zero-order chi connectivity index (χ0) is 23.9. The number of fused-ring (bicyclic) bond motifs is 2. The van der Waals surface area contributed by atoms with E-state index in [1.54, 1.807) is 35.2 Å². The van der Waals surface area contributed by atoms with Crippen molar-refractivity contribution in [2.45, 2.75) is 18.3 Å². The molecule has 0 aromatic heterocycles. The van der Waals surface area contributed by atoms with Crippen molar-refractivity contribution in [2.24, 2.45) is 0 Å². The number of anilines is 2. The lowest BCUT2D eigenvalue weighted by atomic mass is 10.1. The zero-order valence-corrected chi connectivity index (χ0v) is 19.2. The topological polar surface area (TPSA) is 76.4 Å². The normalized spacial score (nSPS) is 18.8. The lowest BCUT2D eigenvalue weighted by Gasteiger charge is -2.33. The number of benzene rings is 3. The number of nitrogens with zero attached hydrogens (tertiary/aromatic N) is 3. The van der Waals surface area contributed by atoms with Gasteiger partial charge in [0.25, 0.3) is 5.91 Å². The maximum atomic E-state index is 14.4. The van der Waals surface area contributed by atoms with Crippen LogP contribution in [0, 0.1) is 24.1 Å². The number of thioether (sulfide) groups is 1. The number of hydrogen-bond acceptors (Lipinski definition) is 4. The average Bonchev–Trinajstić information content (AvgIpc) is 3.36. The quantitative estimate of drug-likeness (QED) is 0.583. The van der Waals surface area contributed by atoms with E-state index in [1.165, 1.54) is 28.8 Å². The number of hydrogen-bond donors (Lipinski definition) is 1. The minimum Gasteiger partial charge on any atom is -0.308 e. The summed E-state index contributed by atoms with van der Waals surface area (Å²) in [5, 5.41) is 12.1. The molecule has 0 saturated carbocycles. The third kappa shape index (κ3) is 3.58. The van der Waals surface area contributed by atoms with Gasteiger partial charge in [0.2, 0.25) is 0 Å². The van der Waals surface area contributed by atoms with Gasteiger partial charge in [0, 0.05) is 23.5 Å². The SMILES string of the molecule is Cc1cccc(NC(=O)N2CCSC23C(=O)N(Cc2cccc(C#N)c2)c2ccc(F)cc23)c1. The van der Waals surface area contributed by atoms with Gasteiger partial charge in [-0.2, -0.15) is 5.26 Å². The van der Waals surface area contributed by atoms with Gasteiger partial charge in [-0.15, -0.1) is 11.8 Å². The first kappa shape index (κ1) is 22.0. The fourth-order valence-electron chi connectivity index (χ4n) is 4.58. The van der Waals surface area contributed by atoms with Gasteiger partial charge in [0.05, 0.1) is 23.9 Å². The number of carbonyl (C=O) groups excluding carboxylic acids is 2. The van der Waals surface area contributed by atoms with Crippen LogP contribution >= 0.6 is 11.8 Å². The van der Waals surface area contributed by atoms with E-state index in [9.17, 15) is 19.2 Å². The molecular weight excluding hydrogens is 451 g/mol. The Balaban J connectivity index is 1.53. The Kier molecular flexibility index (Phi) is 5.50. The molecule has 1 saturated heterocycles. The fraction of sp³-hybridized carbons (Fsp3) is 0.192. The Morgan fingerprint density at radius 2 is 2.00 bits per heavy atom. The van der Waals surface area contributed by atoms with Crippen molar-refractivity contribution >= 4 is 35.1 Å². The molecule has 8 heteroatoms. The van der Waals surface area contributed by atoms with Crippen LogP contribution in [-0.4, -0.2) is 29.1 Å². The summed E-state index contributed by atoms with van der Waals surface area (Å²) in [5.74, 6) is -0.219. The highest BCUT2D eigenvalue weighted by molar-refractivity contribution is 8.01. The van der Waals surface area contributed by atoms with Crippen LogP contribution in [0.4, 0.5) is 20.6 Å². The van der Waals surface area contributed by atoms with Gasteiger partial charge in [0.1, 0.15) is 5.82 Å². The van der Waals surface area contributed by atoms with E-state index in [2.05, 4.69) is 11.4 Å². The monoisotopic (exact) mass is 472 g/mol. The molecule has 2 heterocycles. The van der Waals surface area contributed by atoms with Crippen LogP contribution < -0.4 is 10.2 Å². The van der Waals surface area contributed by atoms with Gasteiger partial charge in [-0.3, -0.25) is 9.69 Å². The van der Waals surface area contributed by atoms with E-state index in [0.29, 0.717) is 34.8 Å². The minimum absolute atomic E-state index is 0.211. The Hall–Kier alpha value is -3.83. The van der Waals surface area contributed by atoms with Crippen molar-refractivity contribution in [3.05, 3.63) is 94.8 Å². The van der Waals surface area contributed by atoms with Crippen molar-refractivity contribution < 1.29 is 14.0 Å². The van der Waals surface area contributed by atoms with Crippen molar-refractivity contribution in [1.29, 1.82) is 5.26 Å². The molecule has 3 amide bonds. The summed E-state index contributed by atoms with van der Waals surface area (Å²) in [5.41, 5.74) is 3.93. The summed E-state index contributed by atoms with van der Waals surface area (Å²) in [6.07, 6.45) is 0. The molecule has 2 aliphatic rings. The van der Waals surface area contributed by atoms with Gasteiger partial charge < -0.3 is 10.2 Å². The Labute approximate surface area is 201 Å². The Morgan fingerprint density at radius 1 is 1.18 bits per heavy atom. The highest BCUT2D eigenvalue weighted by Gasteiger charge is 2.59. The first-order valence-corrected chi connectivity index (χ1v) is 11.8. The number of urea groups is 1. The third-order valence-electron chi connectivity index (χ3n) is 6.07. The maximum absolute atomic E-state index is 14.4. The van der Waals surface area contributed by atoms with E-state index in [1.807, 2.05) is 31.2 Å². The van der Waals surface area contributed by atoms with Gasteiger partial charge in [-0.05, 0) is 60.5 Å². The van der Waals surface area contributed by atoms with Gasteiger partial charge >= 0.3 is 6.03 Å². The van der Waals surface area contributed by atoms with Crippen LogP contribution in [0.25, 0.3) is 0 Å². The van der Waals surface area contributed by atoms with Crippen LogP contribution in [0.15, 0.2) is 66.7 Å². The van der Waals surface area contributed by atoms with Gasteiger partial charge in [-0.25, -0.2) is 9.18 Å². The number of rotatable bonds is 3. The molecule has 6 nitrogen and oxygen atoms in total. The van der Waals surface area contributed by atoms with E-state index in [4.69, 9.17) is 0 Å². The predicted molar refractivity (Wildman–Crippen MR) is 130 cm³/mol. The van der Waals surface area contributed by atoms with E-state index >= 15 is 0 Å². The number of nitriles is 1. The average molecular weight is 473 g/mol.